The molecule has 1 saturated heterocycles. The number of nitrogens with zero attached hydrogens (tertiary/aromatic N) is 2. The number of hydrogen-bond donors (Lipinski definition) is 0. The molecule has 7 heteroatoms. The normalized spacial score (nSPS) is 21.0. The lowest BCUT2D eigenvalue weighted by Crippen LogP contribution is -2.35. The Morgan fingerprint density at radius 2 is 2.14 bits per heavy atom. The summed E-state index contributed by atoms with van der Waals surface area (Å²) in [6, 6.07) is 5.98. The molecular formula is C14H15FN2O3S. The van der Waals surface area contributed by atoms with E-state index in [1.807, 2.05) is 0 Å². The van der Waals surface area contributed by atoms with Gasteiger partial charge in [0.15, 0.2) is 0 Å². The van der Waals surface area contributed by atoms with Crippen molar-refractivity contribution in [2.45, 2.75) is 13.5 Å². The van der Waals surface area contributed by atoms with Gasteiger partial charge in [0, 0.05) is 23.6 Å². The lowest BCUT2D eigenvalue weighted by atomic mass is 10.2. The zero-order valence-electron chi connectivity index (χ0n) is 11.5. The van der Waals surface area contributed by atoms with Gasteiger partial charge in [-0.1, -0.05) is 6.92 Å². The van der Waals surface area contributed by atoms with Crippen LogP contribution in [0.5, 0.6) is 0 Å². The average Bonchev–Trinajstić information content (AvgIpc) is 2.89. The Morgan fingerprint density at radius 3 is 2.81 bits per heavy atom. The van der Waals surface area contributed by atoms with Crippen LogP contribution >= 0.6 is 0 Å². The van der Waals surface area contributed by atoms with Gasteiger partial charge in [0.05, 0.1) is 5.75 Å². The number of carbonyl (C=O) groups excluding carboxylic acids is 1. The van der Waals surface area contributed by atoms with Crippen LogP contribution in [0.15, 0.2) is 30.5 Å². The van der Waals surface area contributed by atoms with E-state index in [1.165, 1.54) is 12.1 Å². The van der Waals surface area contributed by atoms with Crippen molar-refractivity contribution >= 4 is 26.8 Å². The number of halogens is 1. The highest BCUT2D eigenvalue weighted by atomic mass is 32.2. The molecule has 2 heterocycles. The summed E-state index contributed by atoms with van der Waals surface area (Å²) in [4.78, 5) is 12.2. The highest BCUT2D eigenvalue weighted by Crippen LogP contribution is 2.21. The van der Waals surface area contributed by atoms with Gasteiger partial charge in [-0.3, -0.25) is 4.79 Å². The maximum Gasteiger partial charge on any atom is 0.255 e. The quantitative estimate of drug-likeness (QED) is 0.846. The first kappa shape index (κ1) is 14.1. The monoisotopic (exact) mass is 310 g/mol. The van der Waals surface area contributed by atoms with Gasteiger partial charge in [0.25, 0.3) is 5.91 Å². The molecule has 1 atom stereocenters. The fourth-order valence-corrected chi connectivity index (χ4v) is 4.54. The molecule has 0 spiro atoms. The molecule has 5 nitrogen and oxygen atoms in total. The highest BCUT2D eigenvalue weighted by molar-refractivity contribution is 7.89. The van der Waals surface area contributed by atoms with Gasteiger partial charge < -0.3 is 4.57 Å². The lowest BCUT2D eigenvalue weighted by Gasteiger charge is -2.15. The molecule has 1 aromatic heterocycles. The van der Waals surface area contributed by atoms with E-state index in [9.17, 15) is 17.6 Å². The van der Waals surface area contributed by atoms with E-state index in [1.54, 1.807) is 29.8 Å². The fraction of sp³-hybridized carbons (Fsp3) is 0.357. The minimum atomic E-state index is -3.49. The SMILES string of the molecule is CC1CN(C(=O)Cn2ccc3cc(F)ccc32)S(=O)(=O)C1. The molecule has 1 aliphatic heterocycles. The second-order valence-corrected chi connectivity index (χ2v) is 7.39. The van der Waals surface area contributed by atoms with E-state index in [2.05, 4.69) is 0 Å². The van der Waals surface area contributed by atoms with E-state index >= 15 is 0 Å². The molecule has 0 saturated carbocycles. The van der Waals surface area contributed by atoms with Crippen molar-refractivity contribution < 1.29 is 17.6 Å². The van der Waals surface area contributed by atoms with Gasteiger partial charge in [-0.05, 0) is 30.2 Å². The third kappa shape index (κ3) is 2.53. The van der Waals surface area contributed by atoms with Gasteiger partial charge in [0.2, 0.25) is 10.0 Å². The summed E-state index contributed by atoms with van der Waals surface area (Å²) in [6.07, 6.45) is 1.66. The molecule has 21 heavy (non-hydrogen) atoms. The molecule has 1 fully saturated rings. The van der Waals surface area contributed by atoms with Crippen molar-refractivity contribution in [2.75, 3.05) is 12.3 Å². The summed E-state index contributed by atoms with van der Waals surface area (Å²) in [6.45, 7) is 1.97. The largest absolute Gasteiger partial charge is 0.338 e. The maximum absolute atomic E-state index is 13.1. The minimum Gasteiger partial charge on any atom is -0.338 e. The summed E-state index contributed by atoms with van der Waals surface area (Å²) in [5.41, 5.74) is 0.703. The number of rotatable bonds is 2. The van der Waals surface area contributed by atoms with Crippen LogP contribution in [0, 0.1) is 11.7 Å². The summed E-state index contributed by atoms with van der Waals surface area (Å²) in [5, 5.41) is 0.681. The molecule has 1 unspecified atom stereocenters. The minimum absolute atomic E-state index is 0.0103. The number of carbonyl (C=O) groups is 1. The molecule has 1 aromatic carbocycles. The van der Waals surface area contributed by atoms with E-state index < -0.39 is 15.9 Å². The molecule has 2 aromatic rings. The molecular weight excluding hydrogens is 295 g/mol. The number of aromatic nitrogens is 1. The van der Waals surface area contributed by atoms with Crippen molar-refractivity contribution in [3.8, 4) is 0 Å². The van der Waals surface area contributed by atoms with Crippen LogP contribution in [0.1, 0.15) is 6.92 Å². The Hall–Kier alpha value is -1.89. The third-order valence-corrected chi connectivity index (χ3v) is 5.64. The molecule has 112 valence electrons. The van der Waals surface area contributed by atoms with E-state index in [0.717, 1.165) is 4.31 Å². The Kier molecular flexibility index (Phi) is 3.24. The van der Waals surface area contributed by atoms with Gasteiger partial charge in [-0.2, -0.15) is 0 Å². The first-order valence-electron chi connectivity index (χ1n) is 6.64. The fourth-order valence-electron chi connectivity index (χ4n) is 2.69. The Balaban J connectivity index is 1.87. The van der Waals surface area contributed by atoms with Crippen molar-refractivity contribution in [3.05, 3.63) is 36.3 Å². The van der Waals surface area contributed by atoms with Crippen LogP contribution < -0.4 is 0 Å². The number of hydrogen-bond acceptors (Lipinski definition) is 3. The van der Waals surface area contributed by atoms with E-state index in [0.29, 0.717) is 10.9 Å². The Labute approximate surface area is 122 Å². The highest BCUT2D eigenvalue weighted by Gasteiger charge is 2.36. The van der Waals surface area contributed by atoms with Crippen molar-refractivity contribution in [3.63, 3.8) is 0 Å². The smallest absolute Gasteiger partial charge is 0.255 e. The lowest BCUT2D eigenvalue weighted by molar-refractivity contribution is -0.126. The zero-order chi connectivity index (χ0) is 15.2. The molecule has 0 aliphatic carbocycles. The summed E-state index contributed by atoms with van der Waals surface area (Å²) in [7, 11) is -3.49. The van der Waals surface area contributed by atoms with E-state index in [4.69, 9.17) is 0 Å². The number of sulfonamides is 1. The van der Waals surface area contributed by atoms with Gasteiger partial charge >= 0.3 is 0 Å². The standard InChI is InChI=1S/C14H15FN2O3S/c1-10-7-17(21(19,20)9-10)14(18)8-16-5-4-11-6-12(15)2-3-13(11)16/h2-6,10H,7-9H2,1H3. The van der Waals surface area contributed by atoms with Crippen LogP contribution in [-0.4, -0.2) is 35.5 Å². The maximum atomic E-state index is 13.1. The molecule has 0 N–H and O–H groups in total. The summed E-state index contributed by atoms with van der Waals surface area (Å²) < 4.78 is 39.5. The first-order chi connectivity index (χ1) is 9.87. The topological polar surface area (TPSA) is 59.4 Å². The average molecular weight is 310 g/mol. The molecule has 3 rings (SSSR count). The summed E-state index contributed by atoms with van der Waals surface area (Å²) >= 11 is 0. The molecule has 1 aliphatic rings. The predicted octanol–water partition coefficient (Wildman–Crippen LogP) is 1.59. The van der Waals surface area contributed by atoms with Crippen LogP contribution in [0.25, 0.3) is 10.9 Å². The zero-order valence-corrected chi connectivity index (χ0v) is 12.3. The van der Waals surface area contributed by atoms with Crippen LogP contribution in [0.3, 0.4) is 0 Å². The summed E-state index contributed by atoms with van der Waals surface area (Å²) in [5.74, 6) is -0.839. The first-order valence-corrected chi connectivity index (χ1v) is 8.25. The third-order valence-electron chi connectivity index (χ3n) is 3.63. The molecule has 1 amide bonds. The Morgan fingerprint density at radius 1 is 1.38 bits per heavy atom. The van der Waals surface area contributed by atoms with Crippen LogP contribution in [-0.2, 0) is 21.4 Å². The number of fused-ring (bicyclic) bond motifs is 1. The van der Waals surface area contributed by atoms with Crippen molar-refractivity contribution in [1.29, 1.82) is 0 Å². The van der Waals surface area contributed by atoms with Crippen LogP contribution in [0.2, 0.25) is 0 Å². The number of benzene rings is 1. The number of amides is 1. The molecule has 0 radical (unpaired) electrons. The van der Waals surface area contributed by atoms with Crippen molar-refractivity contribution in [1.82, 2.24) is 8.87 Å². The second kappa shape index (κ2) is 4.84. The molecule has 0 bridgehead atoms. The van der Waals surface area contributed by atoms with Crippen LogP contribution in [0.4, 0.5) is 4.39 Å². The van der Waals surface area contributed by atoms with Gasteiger partial charge in [-0.15, -0.1) is 0 Å². The second-order valence-electron chi connectivity index (χ2n) is 5.46. The predicted molar refractivity (Wildman–Crippen MR) is 76.6 cm³/mol. The van der Waals surface area contributed by atoms with E-state index in [-0.39, 0.29) is 30.6 Å². The van der Waals surface area contributed by atoms with Crippen molar-refractivity contribution in [2.24, 2.45) is 5.92 Å². The van der Waals surface area contributed by atoms with Gasteiger partial charge in [-0.25, -0.2) is 17.1 Å². The Bertz CT molecular complexity index is 813. The van der Waals surface area contributed by atoms with Gasteiger partial charge in [0.1, 0.15) is 12.4 Å².